The third kappa shape index (κ3) is 6.23. The second-order valence-corrected chi connectivity index (χ2v) is 9.90. The van der Waals surface area contributed by atoms with E-state index in [9.17, 15) is 9.00 Å². The number of hydrogen-bond donors (Lipinski definition) is 1. The molecule has 0 amide bonds. The normalized spacial score (nSPS) is 13.3. The number of benzene rings is 2. The zero-order valence-corrected chi connectivity index (χ0v) is 19.8. The number of anilines is 1. The highest BCUT2D eigenvalue weighted by atomic mass is 32.2. The van der Waals surface area contributed by atoms with E-state index < -0.39 is 22.4 Å². The molecule has 0 aliphatic rings. The van der Waals surface area contributed by atoms with Gasteiger partial charge in [0.1, 0.15) is 17.1 Å². The van der Waals surface area contributed by atoms with Crippen molar-refractivity contribution in [2.75, 3.05) is 12.4 Å². The maximum atomic E-state index is 13.3. The van der Waals surface area contributed by atoms with Crippen LogP contribution in [0.4, 0.5) is 5.69 Å². The molecule has 3 aromatic rings. The van der Waals surface area contributed by atoms with Gasteiger partial charge in [-0.1, -0.05) is 17.7 Å². The lowest BCUT2D eigenvalue weighted by molar-refractivity contribution is -0.155. The van der Waals surface area contributed by atoms with Crippen LogP contribution in [0.3, 0.4) is 0 Å². The first-order valence-corrected chi connectivity index (χ1v) is 11.5. The Hall–Kier alpha value is -3.06. The van der Waals surface area contributed by atoms with Gasteiger partial charge in [-0.25, -0.2) is 4.21 Å². The molecule has 6 nitrogen and oxygen atoms in total. The average molecular weight is 456 g/mol. The van der Waals surface area contributed by atoms with Crippen LogP contribution in [0.2, 0.25) is 0 Å². The summed E-state index contributed by atoms with van der Waals surface area (Å²) in [6.45, 7) is 7.44. The highest BCUT2D eigenvalue weighted by molar-refractivity contribution is 7.85. The molecule has 32 heavy (non-hydrogen) atoms. The maximum absolute atomic E-state index is 13.3. The van der Waals surface area contributed by atoms with Crippen LogP contribution in [-0.4, -0.2) is 22.9 Å². The van der Waals surface area contributed by atoms with E-state index in [1.165, 1.54) is 6.26 Å². The Labute approximate surface area is 191 Å². The van der Waals surface area contributed by atoms with Gasteiger partial charge in [0.25, 0.3) is 0 Å². The number of rotatable bonds is 8. The summed E-state index contributed by atoms with van der Waals surface area (Å²) in [5.74, 6) is 0.774. The number of carbonyl (C=O) groups excluding carboxylic acids is 1. The number of esters is 1. The Bertz CT molecular complexity index is 1060. The molecule has 1 unspecified atom stereocenters. The first-order valence-electron chi connectivity index (χ1n) is 10.3. The van der Waals surface area contributed by atoms with Gasteiger partial charge in [-0.3, -0.25) is 4.79 Å². The minimum atomic E-state index is -1.46. The summed E-state index contributed by atoms with van der Waals surface area (Å²) >= 11 is 0. The summed E-state index contributed by atoms with van der Waals surface area (Å²) in [4.78, 5) is 13.8. The predicted octanol–water partition coefficient (Wildman–Crippen LogP) is 5.65. The highest BCUT2D eigenvalue weighted by Crippen LogP contribution is 2.32. The largest absolute Gasteiger partial charge is 0.497 e. The molecule has 1 N–H and O–H groups in total. The second kappa shape index (κ2) is 10.0. The molecule has 0 bridgehead atoms. The molecule has 170 valence electrons. The molecule has 1 heterocycles. The van der Waals surface area contributed by atoms with Crippen LogP contribution < -0.4 is 10.1 Å². The molecule has 0 aliphatic heterocycles. The molecule has 3 rings (SSSR count). The van der Waals surface area contributed by atoms with E-state index in [2.05, 4.69) is 5.32 Å². The minimum absolute atomic E-state index is 0.00884. The van der Waals surface area contributed by atoms with Gasteiger partial charge in [0, 0.05) is 10.6 Å². The molecule has 1 aromatic heterocycles. The first kappa shape index (κ1) is 23.6. The summed E-state index contributed by atoms with van der Waals surface area (Å²) in [6, 6.07) is 16.0. The van der Waals surface area contributed by atoms with Crippen molar-refractivity contribution in [3.05, 3.63) is 72.2 Å². The lowest BCUT2D eigenvalue weighted by Gasteiger charge is -2.23. The number of carbonyl (C=O) groups is 1. The van der Waals surface area contributed by atoms with Crippen LogP contribution in [0.15, 0.2) is 75.1 Å². The van der Waals surface area contributed by atoms with Gasteiger partial charge in [0.05, 0.1) is 41.5 Å². The van der Waals surface area contributed by atoms with E-state index in [1.807, 2.05) is 76.2 Å². The average Bonchev–Trinajstić information content (AvgIpc) is 3.22. The molecule has 2 aromatic carbocycles. The van der Waals surface area contributed by atoms with Gasteiger partial charge >= 0.3 is 5.97 Å². The summed E-state index contributed by atoms with van der Waals surface area (Å²) in [5, 5.41) is 3.32. The van der Waals surface area contributed by atoms with Gasteiger partial charge in [-0.15, -0.1) is 0 Å². The van der Waals surface area contributed by atoms with Crippen LogP contribution in [0.5, 0.6) is 5.75 Å². The molecule has 0 spiro atoms. The van der Waals surface area contributed by atoms with Crippen molar-refractivity contribution in [1.82, 2.24) is 0 Å². The van der Waals surface area contributed by atoms with E-state index in [0.717, 1.165) is 17.0 Å². The van der Waals surface area contributed by atoms with E-state index in [1.54, 1.807) is 13.2 Å². The summed E-state index contributed by atoms with van der Waals surface area (Å²) in [6.07, 6.45) is 1.50. The monoisotopic (exact) mass is 455 g/mol. The van der Waals surface area contributed by atoms with Crippen LogP contribution in [0.25, 0.3) is 0 Å². The molecule has 0 radical (unpaired) electrons. The van der Waals surface area contributed by atoms with Gasteiger partial charge < -0.3 is 19.2 Å². The standard InChI is InChI=1S/C25H29NO5S/c1-17-6-12-20(13-7-17)32(28)22-14-15-30-24(22)21(16-23(27)31-25(2,3)4)26-18-8-10-19(29-5)11-9-18/h6-15,21,26H,16H2,1-5H3/t21-,32?/m1/s1. The van der Waals surface area contributed by atoms with Crippen LogP contribution in [0.1, 0.15) is 44.6 Å². The van der Waals surface area contributed by atoms with Crippen molar-refractivity contribution in [3.8, 4) is 5.75 Å². The van der Waals surface area contributed by atoms with Gasteiger partial charge in [-0.05, 0) is 70.2 Å². The third-order valence-corrected chi connectivity index (χ3v) is 6.07. The molecule has 0 saturated heterocycles. The second-order valence-electron chi connectivity index (χ2n) is 8.45. The molecule has 2 atom stereocenters. The van der Waals surface area contributed by atoms with Crippen LogP contribution >= 0.6 is 0 Å². The van der Waals surface area contributed by atoms with Crippen molar-refractivity contribution in [2.24, 2.45) is 0 Å². The minimum Gasteiger partial charge on any atom is -0.497 e. The third-order valence-electron chi connectivity index (χ3n) is 4.63. The summed E-state index contributed by atoms with van der Waals surface area (Å²) < 4.78 is 29.8. The molecular formula is C25H29NO5S. The number of nitrogens with one attached hydrogen (secondary N) is 1. The molecular weight excluding hydrogens is 426 g/mol. The number of ether oxygens (including phenoxy) is 2. The fourth-order valence-electron chi connectivity index (χ4n) is 3.15. The lowest BCUT2D eigenvalue weighted by Crippen LogP contribution is -2.26. The fourth-order valence-corrected chi connectivity index (χ4v) is 4.34. The van der Waals surface area contributed by atoms with Gasteiger partial charge in [-0.2, -0.15) is 0 Å². The Morgan fingerprint density at radius 1 is 1.06 bits per heavy atom. The number of furan rings is 1. The zero-order valence-electron chi connectivity index (χ0n) is 19.0. The Morgan fingerprint density at radius 3 is 2.31 bits per heavy atom. The van der Waals surface area contributed by atoms with E-state index >= 15 is 0 Å². The van der Waals surface area contributed by atoms with Crippen molar-refractivity contribution in [3.63, 3.8) is 0 Å². The smallest absolute Gasteiger partial charge is 0.308 e. The van der Waals surface area contributed by atoms with E-state index in [0.29, 0.717) is 15.6 Å². The zero-order chi connectivity index (χ0) is 23.3. The summed E-state index contributed by atoms with van der Waals surface area (Å²) in [7, 11) is 0.142. The van der Waals surface area contributed by atoms with Crippen LogP contribution in [-0.2, 0) is 20.3 Å². The van der Waals surface area contributed by atoms with Crippen molar-refractivity contribution in [2.45, 2.75) is 55.5 Å². The predicted molar refractivity (Wildman–Crippen MR) is 124 cm³/mol. The Morgan fingerprint density at radius 2 is 1.72 bits per heavy atom. The first-order chi connectivity index (χ1) is 15.2. The summed E-state index contributed by atoms with van der Waals surface area (Å²) in [5.41, 5.74) is 1.24. The van der Waals surface area contributed by atoms with E-state index in [4.69, 9.17) is 13.9 Å². The Kier molecular flexibility index (Phi) is 7.40. The van der Waals surface area contributed by atoms with Crippen LogP contribution in [0, 0.1) is 6.92 Å². The molecule has 0 saturated carbocycles. The Balaban J connectivity index is 1.92. The number of aryl methyl sites for hydroxylation is 1. The number of methoxy groups -OCH3 is 1. The molecule has 0 aliphatic carbocycles. The number of hydrogen-bond acceptors (Lipinski definition) is 6. The quantitative estimate of drug-likeness (QED) is 0.442. The van der Waals surface area contributed by atoms with Gasteiger partial charge in [0.2, 0.25) is 0 Å². The highest BCUT2D eigenvalue weighted by Gasteiger charge is 2.28. The maximum Gasteiger partial charge on any atom is 0.308 e. The fraction of sp³-hybridized carbons (Fsp3) is 0.320. The molecule has 0 fully saturated rings. The lowest BCUT2D eigenvalue weighted by atomic mass is 10.1. The molecule has 7 heteroatoms. The van der Waals surface area contributed by atoms with Gasteiger partial charge in [0.15, 0.2) is 0 Å². The van der Waals surface area contributed by atoms with Crippen molar-refractivity contribution < 1.29 is 22.9 Å². The van der Waals surface area contributed by atoms with Crippen molar-refractivity contribution >= 4 is 22.5 Å². The van der Waals surface area contributed by atoms with E-state index in [-0.39, 0.29) is 12.4 Å². The topological polar surface area (TPSA) is 77.8 Å². The van der Waals surface area contributed by atoms with Crippen molar-refractivity contribution in [1.29, 1.82) is 0 Å². The SMILES string of the molecule is COc1ccc(N[C@H](CC(=O)OC(C)(C)C)c2occc2S(=O)c2ccc(C)cc2)cc1.